The van der Waals surface area contributed by atoms with Crippen molar-refractivity contribution in [3.63, 3.8) is 0 Å². The smallest absolute Gasteiger partial charge is 0.407 e. The Kier molecular flexibility index (Phi) is 5.79. The predicted molar refractivity (Wildman–Crippen MR) is 105 cm³/mol. The number of hydrogen-bond donors (Lipinski definition) is 1. The van der Waals surface area contributed by atoms with Crippen LogP contribution in [-0.2, 0) is 4.74 Å². The largest absolute Gasteiger partial charge is 0.444 e. The molecule has 3 rings (SSSR count). The first-order valence-corrected chi connectivity index (χ1v) is 9.37. The Balaban J connectivity index is 1.52. The summed E-state index contributed by atoms with van der Waals surface area (Å²) < 4.78 is 5.24. The van der Waals surface area contributed by atoms with E-state index < -0.39 is 5.60 Å². The van der Waals surface area contributed by atoms with Gasteiger partial charge in [-0.15, -0.1) is 0 Å². The maximum atomic E-state index is 11.7. The number of carbonyl (C=O) groups is 1. The molecule has 0 aliphatic carbocycles. The Bertz CT molecular complexity index is 791. The zero-order valence-electron chi connectivity index (χ0n) is 15.8. The van der Waals surface area contributed by atoms with Gasteiger partial charge in [-0.05, 0) is 51.3 Å². The molecule has 1 N–H and O–H groups in total. The number of rotatable bonds is 5. The monoisotopic (exact) mass is 389 g/mol. The molecule has 2 aromatic rings. The molecule has 1 aliphatic heterocycles. The van der Waals surface area contributed by atoms with Gasteiger partial charge in [0.2, 0.25) is 5.95 Å². The van der Waals surface area contributed by atoms with Crippen molar-refractivity contribution in [1.29, 1.82) is 0 Å². The van der Waals surface area contributed by atoms with E-state index in [-0.39, 0.29) is 6.09 Å². The highest BCUT2D eigenvalue weighted by atomic mass is 35.5. The minimum atomic E-state index is -0.485. The molecule has 8 heteroatoms. The van der Waals surface area contributed by atoms with Crippen molar-refractivity contribution in [3.05, 3.63) is 35.9 Å². The number of ether oxygens (including phenoxy) is 1. The van der Waals surface area contributed by atoms with Crippen LogP contribution in [0.1, 0.15) is 33.6 Å². The van der Waals surface area contributed by atoms with Crippen molar-refractivity contribution in [2.75, 3.05) is 18.0 Å². The zero-order valence-corrected chi connectivity index (χ0v) is 16.5. The molecule has 1 unspecified atom stereocenters. The quantitative estimate of drug-likeness (QED) is 0.785. The summed E-state index contributed by atoms with van der Waals surface area (Å²) >= 11 is 5.93. The molecule has 1 atom stereocenters. The first-order valence-electron chi connectivity index (χ1n) is 8.99. The molecule has 1 saturated heterocycles. The van der Waals surface area contributed by atoms with Gasteiger partial charge in [0, 0.05) is 43.3 Å². The van der Waals surface area contributed by atoms with Gasteiger partial charge in [-0.25, -0.2) is 19.7 Å². The summed E-state index contributed by atoms with van der Waals surface area (Å²) in [5.74, 6) is 0.701. The normalized spacial score (nSPS) is 16.6. The van der Waals surface area contributed by atoms with Crippen molar-refractivity contribution in [2.24, 2.45) is 0 Å². The second-order valence-corrected chi connectivity index (χ2v) is 7.88. The molecule has 0 spiro atoms. The van der Waals surface area contributed by atoms with E-state index in [0.717, 1.165) is 30.5 Å². The van der Waals surface area contributed by atoms with E-state index in [4.69, 9.17) is 16.3 Å². The molecule has 0 bridgehead atoms. The van der Waals surface area contributed by atoms with E-state index in [2.05, 4.69) is 25.2 Å². The Morgan fingerprint density at radius 2 is 2.04 bits per heavy atom. The van der Waals surface area contributed by atoms with Crippen molar-refractivity contribution < 1.29 is 9.53 Å². The maximum absolute atomic E-state index is 11.7. The molecular formula is C19H24ClN5O2. The fourth-order valence-corrected chi connectivity index (χ4v) is 3.03. The fourth-order valence-electron chi connectivity index (χ4n) is 2.86. The number of aromatic nitrogens is 3. The lowest BCUT2D eigenvalue weighted by Crippen LogP contribution is -2.50. The van der Waals surface area contributed by atoms with E-state index in [1.165, 1.54) is 0 Å². The molecule has 0 saturated carbocycles. The van der Waals surface area contributed by atoms with Crippen LogP contribution in [0.5, 0.6) is 0 Å². The third-order valence-electron chi connectivity index (χ3n) is 4.24. The van der Waals surface area contributed by atoms with Crippen LogP contribution < -0.4 is 10.2 Å². The van der Waals surface area contributed by atoms with E-state index in [1.807, 2.05) is 26.8 Å². The number of carbonyl (C=O) groups excluding carboxylic acids is 1. The molecule has 1 amide bonds. The molecule has 7 nitrogen and oxygen atoms in total. The van der Waals surface area contributed by atoms with E-state index >= 15 is 0 Å². The number of nitrogens with one attached hydrogen (secondary N) is 1. The second-order valence-electron chi connectivity index (χ2n) is 7.49. The van der Waals surface area contributed by atoms with Gasteiger partial charge in [-0.2, -0.15) is 0 Å². The van der Waals surface area contributed by atoms with Gasteiger partial charge in [0.15, 0.2) is 0 Å². The van der Waals surface area contributed by atoms with Gasteiger partial charge in [-0.1, -0.05) is 11.6 Å². The van der Waals surface area contributed by atoms with E-state index in [0.29, 0.717) is 23.7 Å². The Morgan fingerprint density at radius 1 is 1.30 bits per heavy atom. The number of pyridine rings is 1. The van der Waals surface area contributed by atoms with Gasteiger partial charge in [0.1, 0.15) is 10.8 Å². The molecule has 0 radical (unpaired) electrons. The molecule has 144 valence electrons. The van der Waals surface area contributed by atoms with Crippen LogP contribution in [0.4, 0.5) is 10.7 Å². The SMILES string of the molecule is CC(C)(C)OC(=O)NCCC1CCN1c1ncc(-c2ccnc(Cl)c2)cn1. The number of halogens is 1. The molecule has 0 aromatic carbocycles. The third-order valence-corrected chi connectivity index (χ3v) is 4.45. The lowest BCUT2D eigenvalue weighted by atomic mass is 10.0. The summed E-state index contributed by atoms with van der Waals surface area (Å²) in [6, 6.07) is 3.98. The van der Waals surface area contributed by atoms with Crippen molar-refractivity contribution in [2.45, 2.75) is 45.3 Å². The van der Waals surface area contributed by atoms with Gasteiger partial charge in [0.05, 0.1) is 0 Å². The molecule has 1 aliphatic rings. The molecule has 3 heterocycles. The summed E-state index contributed by atoms with van der Waals surface area (Å²) in [6.07, 6.45) is 6.75. The zero-order chi connectivity index (χ0) is 19.4. The highest BCUT2D eigenvalue weighted by Gasteiger charge is 2.29. The fraction of sp³-hybridized carbons (Fsp3) is 0.474. The lowest BCUT2D eigenvalue weighted by Gasteiger charge is -2.41. The van der Waals surface area contributed by atoms with Gasteiger partial charge < -0.3 is 15.0 Å². The number of anilines is 1. The number of alkyl carbamates (subject to hydrolysis) is 1. The second kappa shape index (κ2) is 8.08. The first kappa shape index (κ1) is 19.4. The third kappa shape index (κ3) is 5.29. The van der Waals surface area contributed by atoms with Crippen molar-refractivity contribution >= 4 is 23.6 Å². The minimum Gasteiger partial charge on any atom is -0.444 e. The van der Waals surface area contributed by atoms with Crippen molar-refractivity contribution in [1.82, 2.24) is 20.3 Å². The standard InChI is InChI=1S/C19H24ClN5O2/c1-19(2,3)27-18(26)22-8-5-15-6-9-25(15)17-23-11-14(12-24-17)13-4-7-21-16(20)10-13/h4,7,10-12,15H,5-6,8-9H2,1-3H3,(H,22,26). The lowest BCUT2D eigenvalue weighted by molar-refractivity contribution is 0.0525. The van der Waals surface area contributed by atoms with Gasteiger partial charge in [0.25, 0.3) is 0 Å². The Labute approximate surface area is 164 Å². The highest BCUT2D eigenvalue weighted by Crippen LogP contribution is 2.27. The Morgan fingerprint density at radius 3 is 2.63 bits per heavy atom. The summed E-state index contributed by atoms with van der Waals surface area (Å²) in [5.41, 5.74) is 1.34. The van der Waals surface area contributed by atoms with Gasteiger partial charge >= 0.3 is 6.09 Å². The molecule has 27 heavy (non-hydrogen) atoms. The number of amides is 1. The van der Waals surface area contributed by atoms with Crippen LogP contribution in [-0.4, -0.2) is 45.8 Å². The van der Waals surface area contributed by atoms with Crippen molar-refractivity contribution in [3.8, 4) is 11.1 Å². The summed E-state index contributed by atoms with van der Waals surface area (Å²) in [6.45, 7) is 7.02. The van der Waals surface area contributed by atoms with Crippen LogP contribution in [0, 0.1) is 0 Å². The first-order chi connectivity index (χ1) is 12.8. The van der Waals surface area contributed by atoms with Crippen LogP contribution >= 0.6 is 11.6 Å². The highest BCUT2D eigenvalue weighted by molar-refractivity contribution is 6.29. The summed E-state index contributed by atoms with van der Waals surface area (Å²) in [7, 11) is 0. The van der Waals surface area contributed by atoms with E-state index in [1.54, 1.807) is 24.7 Å². The number of nitrogens with zero attached hydrogens (tertiary/aromatic N) is 4. The summed E-state index contributed by atoms with van der Waals surface area (Å²) in [4.78, 5) is 26.8. The predicted octanol–water partition coefficient (Wildman–Crippen LogP) is 3.69. The Hall–Kier alpha value is -2.41. The number of hydrogen-bond acceptors (Lipinski definition) is 6. The topological polar surface area (TPSA) is 80.2 Å². The van der Waals surface area contributed by atoms with Crippen LogP contribution in [0.2, 0.25) is 5.15 Å². The minimum absolute atomic E-state index is 0.321. The average Bonchev–Trinajstić information content (AvgIpc) is 2.57. The van der Waals surface area contributed by atoms with Gasteiger partial charge in [-0.3, -0.25) is 0 Å². The van der Waals surface area contributed by atoms with Crippen LogP contribution in [0.25, 0.3) is 11.1 Å². The average molecular weight is 390 g/mol. The van der Waals surface area contributed by atoms with Crippen LogP contribution in [0.15, 0.2) is 30.7 Å². The summed E-state index contributed by atoms with van der Waals surface area (Å²) in [5, 5.41) is 3.24. The molecule has 1 fully saturated rings. The van der Waals surface area contributed by atoms with Crippen LogP contribution in [0.3, 0.4) is 0 Å². The molecular weight excluding hydrogens is 366 g/mol. The maximum Gasteiger partial charge on any atom is 0.407 e. The van der Waals surface area contributed by atoms with E-state index in [9.17, 15) is 4.79 Å². The molecule has 2 aromatic heterocycles.